The van der Waals surface area contributed by atoms with Crippen molar-refractivity contribution in [2.45, 2.75) is 57.3 Å². The van der Waals surface area contributed by atoms with Gasteiger partial charge in [-0.05, 0) is 44.5 Å². The maximum Gasteiger partial charge on any atom is 0.252 e. The van der Waals surface area contributed by atoms with Gasteiger partial charge in [0.15, 0.2) is 0 Å². The first kappa shape index (κ1) is 36.7. The molecular weight excluding hydrogens is 607 g/mol. The van der Waals surface area contributed by atoms with E-state index in [0.717, 1.165) is 56.6 Å². The summed E-state index contributed by atoms with van der Waals surface area (Å²) in [6, 6.07) is 18.9. The molecule has 0 aromatic heterocycles. The molecule has 3 aliphatic rings. The van der Waals surface area contributed by atoms with Gasteiger partial charge in [0.2, 0.25) is 0 Å². The van der Waals surface area contributed by atoms with E-state index in [1.807, 2.05) is 47.4 Å². The van der Waals surface area contributed by atoms with Crippen molar-refractivity contribution in [3.05, 3.63) is 106 Å². The van der Waals surface area contributed by atoms with E-state index in [-0.39, 0.29) is 16.4 Å². The molecule has 9 heteroatoms. The molecule has 244 valence electrons. The number of amides is 1. The number of hydrogen-bond donors (Lipinski definition) is 2. The van der Waals surface area contributed by atoms with Crippen molar-refractivity contribution in [1.29, 1.82) is 0 Å². The quantitative estimate of drug-likeness (QED) is 0.290. The SMILES string of the molecule is C=C/C(=C\C=C(Cl)Cl)C1CNCCN1C.Cc1cccc(C)c1.O=CCCN1C[C@@H]2CC1CN2C(=O)[C@@H](O)Cc1ccccc1. The zero-order valence-corrected chi connectivity index (χ0v) is 28.3. The first-order valence-electron chi connectivity index (χ1n) is 15.6. The van der Waals surface area contributed by atoms with Crippen molar-refractivity contribution >= 4 is 35.4 Å². The highest BCUT2D eigenvalue weighted by molar-refractivity contribution is 6.56. The number of aliphatic hydroxyl groups excluding tert-OH is 1. The number of carbonyl (C=O) groups excluding carboxylic acids is 2. The number of carbonyl (C=O) groups is 2. The number of piperazine rings is 2. The van der Waals surface area contributed by atoms with Crippen molar-refractivity contribution in [3.8, 4) is 0 Å². The number of aliphatic hydroxyl groups is 1. The van der Waals surface area contributed by atoms with Gasteiger partial charge in [0.05, 0.1) is 0 Å². The van der Waals surface area contributed by atoms with E-state index >= 15 is 0 Å². The zero-order valence-electron chi connectivity index (χ0n) is 26.7. The van der Waals surface area contributed by atoms with Crippen molar-refractivity contribution < 1.29 is 14.7 Å². The van der Waals surface area contributed by atoms with E-state index < -0.39 is 6.10 Å². The second-order valence-corrected chi connectivity index (χ2v) is 12.9. The largest absolute Gasteiger partial charge is 0.383 e. The van der Waals surface area contributed by atoms with Crippen LogP contribution in [-0.2, 0) is 16.0 Å². The van der Waals surface area contributed by atoms with Crippen LogP contribution in [0.2, 0.25) is 0 Å². The van der Waals surface area contributed by atoms with Gasteiger partial charge in [0.1, 0.15) is 16.9 Å². The molecule has 0 saturated carbocycles. The summed E-state index contributed by atoms with van der Waals surface area (Å²) in [5, 5.41) is 13.6. The van der Waals surface area contributed by atoms with Crippen LogP contribution in [0.15, 0.2) is 89.5 Å². The van der Waals surface area contributed by atoms with Crippen LogP contribution < -0.4 is 5.32 Å². The van der Waals surface area contributed by atoms with Crippen LogP contribution >= 0.6 is 23.2 Å². The lowest BCUT2D eigenvalue weighted by molar-refractivity contribution is -0.142. The van der Waals surface area contributed by atoms with Crippen molar-refractivity contribution in [2.24, 2.45) is 0 Å². The average molecular weight is 656 g/mol. The van der Waals surface area contributed by atoms with Gasteiger partial charge in [0.25, 0.3) is 5.91 Å². The number of fused-ring (bicyclic) bond motifs is 2. The molecule has 5 rings (SSSR count). The van der Waals surface area contributed by atoms with Gasteiger partial charge in [-0.2, -0.15) is 0 Å². The molecular formula is C36H48Cl2N4O3. The summed E-state index contributed by atoms with van der Waals surface area (Å²) in [5.41, 5.74) is 4.78. The van der Waals surface area contributed by atoms with Gasteiger partial charge < -0.3 is 20.1 Å². The Balaban J connectivity index is 0.000000207. The van der Waals surface area contributed by atoms with Crippen LogP contribution in [0.1, 0.15) is 29.5 Å². The Morgan fingerprint density at radius 2 is 1.78 bits per heavy atom. The highest BCUT2D eigenvalue weighted by atomic mass is 35.5. The molecule has 4 atom stereocenters. The van der Waals surface area contributed by atoms with Gasteiger partial charge in [0, 0.05) is 70.2 Å². The van der Waals surface area contributed by atoms with Crippen LogP contribution in [-0.4, -0.2) is 103 Å². The summed E-state index contributed by atoms with van der Waals surface area (Å²) in [6.07, 6.45) is 7.29. The van der Waals surface area contributed by atoms with Gasteiger partial charge in [-0.25, -0.2) is 0 Å². The van der Waals surface area contributed by atoms with E-state index in [1.54, 1.807) is 6.08 Å². The van der Waals surface area contributed by atoms with Crippen LogP contribution in [0.3, 0.4) is 0 Å². The van der Waals surface area contributed by atoms with Gasteiger partial charge >= 0.3 is 0 Å². The molecule has 0 spiro atoms. The van der Waals surface area contributed by atoms with Gasteiger partial charge in [-0.3, -0.25) is 14.6 Å². The summed E-state index contributed by atoms with van der Waals surface area (Å²) in [5.74, 6) is -0.161. The molecule has 3 heterocycles. The molecule has 3 fully saturated rings. The number of halogens is 2. The number of allylic oxidation sites excluding steroid dienone is 2. The molecule has 0 radical (unpaired) electrons. The number of aldehydes is 1. The number of aryl methyl sites for hydroxylation is 2. The highest BCUT2D eigenvalue weighted by Gasteiger charge is 2.45. The molecule has 3 saturated heterocycles. The van der Waals surface area contributed by atoms with Crippen molar-refractivity contribution in [2.75, 3.05) is 46.3 Å². The van der Waals surface area contributed by atoms with E-state index in [2.05, 4.69) is 66.9 Å². The molecule has 0 aliphatic carbocycles. The summed E-state index contributed by atoms with van der Waals surface area (Å²) < 4.78 is 0.265. The summed E-state index contributed by atoms with van der Waals surface area (Å²) in [7, 11) is 2.11. The molecule has 2 bridgehead atoms. The lowest BCUT2D eigenvalue weighted by Crippen LogP contribution is -2.52. The first-order chi connectivity index (χ1) is 21.6. The van der Waals surface area contributed by atoms with Crippen LogP contribution in [0, 0.1) is 13.8 Å². The Labute approximate surface area is 279 Å². The topological polar surface area (TPSA) is 76.1 Å². The smallest absolute Gasteiger partial charge is 0.252 e. The third-order valence-electron chi connectivity index (χ3n) is 8.44. The third kappa shape index (κ3) is 11.8. The number of likely N-dealkylation sites (tertiary alicyclic amines) is 2. The fourth-order valence-electron chi connectivity index (χ4n) is 6.09. The van der Waals surface area contributed by atoms with E-state index in [9.17, 15) is 14.7 Å². The minimum atomic E-state index is -0.967. The van der Waals surface area contributed by atoms with Crippen LogP contribution in [0.25, 0.3) is 0 Å². The lowest BCUT2D eigenvalue weighted by Gasteiger charge is -2.35. The van der Waals surface area contributed by atoms with E-state index in [0.29, 0.717) is 31.5 Å². The monoisotopic (exact) mass is 654 g/mol. The Bertz CT molecular complexity index is 1280. The molecule has 1 amide bonds. The van der Waals surface area contributed by atoms with E-state index in [4.69, 9.17) is 23.2 Å². The Morgan fingerprint density at radius 3 is 2.31 bits per heavy atom. The average Bonchev–Trinajstić information content (AvgIpc) is 3.63. The first-order valence-corrected chi connectivity index (χ1v) is 16.4. The second-order valence-electron chi connectivity index (χ2n) is 11.9. The maximum atomic E-state index is 12.5. The molecule has 2 N–H and O–H groups in total. The number of hydrogen-bond acceptors (Lipinski definition) is 6. The fourth-order valence-corrected chi connectivity index (χ4v) is 6.21. The fraction of sp³-hybridized carbons (Fsp3) is 0.444. The molecule has 2 unspecified atom stereocenters. The molecule has 2 aromatic carbocycles. The van der Waals surface area contributed by atoms with E-state index in [1.165, 1.54) is 11.1 Å². The Kier molecular flexibility index (Phi) is 15.5. The Hall–Kier alpha value is -2.78. The summed E-state index contributed by atoms with van der Waals surface area (Å²) >= 11 is 11.1. The summed E-state index contributed by atoms with van der Waals surface area (Å²) in [4.78, 5) is 29.3. The third-order valence-corrected chi connectivity index (χ3v) is 8.69. The van der Waals surface area contributed by atoms with Crippen LogP contribution in [0.5, 0.6) is 0 Å². The minimum Gasteiger partial charge on any atom is -0.383 e. The normalized spacial score (nSPS) is 22.0. The maximum absolute atomic E-state index is 12.5. The number of nitrogens with zero attached hydrogens (tertiary/aromatic N) is 3. The summed E-state index contributed by atoms with van der Waals surface area (Å²) in [6.45, 7) is 13.3. The Morgan fingerprint density at radius 1 is 1.07 bits per heavy atom. The zero-order chi connectivity index (χ0) is 32.8. The highest BCUT2D eigenvalue weighted by Crippen LogP contribution is 2.31. The number of benzene rings is 2. The second kappa shape index (κ2) is 19.0. The predicted molar refractivity (Wildman–Crippen MR) is 186 cm³/mol. The van der Waals surface area contributed by atoms with Gasteiger partial charge in [-0.1, -0.05) is 108 Å². The molecule has 7 nitrogen and oxygen atoms in total. The number of nitrogens with one attached hydrogen (secondary N) is 1. The van der Waals surface area contributed by atoms with Crippen LogP contribution in [0.4, 0.5) is 0 Å². The molecule has 3 aliphatic heterocycles. The molecule has 45 heavy (non-hydrogen) atoms. The standard InChI is InChI=1S/C17H22N2O3.C11H16Cl2N2.C8H10/c20-8-4-7-18-11-15-10-14(18)12-19(15)17(22)16(21)9-13-5-2-1-3-6-13;1-3-9(4-5-11(12)13)10-8-14-6-7-15(10)2;1-7-4-3-5-8(2)6-7/h1-3,5-6,8,14-16,21H,4,7,9-12H2;3-5,10,14H,1,6-8H2,2H3;3-6H,1-2H3/b;9-4+;/t14?,15-,16-;;/m0../s1. The predicted octanol–water partition coefficient (Wildman–Crippen LogP) is 5.09. The number of rotatable bonds is 9. The minimum absolute atomic E-state index is 0.161. The molecule has 2 aromatic rings. The van der Waals surface area contributed by atoms with Crippen molar-refractivity contribution in [1.82, 2.24) is 20.0 Å². The number of likely N-dealkylation sites (N-methyl/N-ethyl adjacent to an activating group) is 1. The van der Waals surface area contributed by atoms with Gasteiger partial charge in [-0.15, -0.1) is 0 Å². The lowest BCUT2D eigenvalue weighted by atomic mass is 10.0. The van der Waals surface area contributed by atoms with Crippen molar-refractivity contribution in [3.63, 3.8) is 0 Å².